The van der Waals surface area contributed by atoms with Crippen molar-refractivity contribution in [2.75, 3.05) is 18.1 Å². The lowest BCUT2D eigenvalue weighted by Crippen LogP contribution is -2.27. The van der Waals surface area contributed by atoms with Gasteiger partial charge in [0, 0.05) is 23.8 Å². The molecule has 0 saturated carbocycles. The first-order valence-corrected chi connectivity index (χ1v) is 10.2. The van der Waals surface area contributed by atoms with Crippen LogP contribution in [0.2, 0.25) is 0 Å². The highest BCUT2D eigenvalue weighted by Crippen LogP contribution is 2.13. The molecule has 2 aromatic rings. The number of hydrogen-bond donors (Lipinski definition) is 1. The van der Waals surface area contributed by atoms with Gasteiger partial charge in [-0.2, -0.15) is 11.8 Å². The predicted molar refractivity (Wildman–Crippen MR) is 103 cm³/mol. The first-order chi connectivity index (χ1) is 11.6. The van der Waals surface area contributed by atoms with Gasteiger partial charge in [-0.1, -0.05) is 42.0 Å². The molecule has 0 atom stereocenters. The average Bonchev–Trinajstić information content (AvgIpc) is 2.58. The number of halogens is 1. The fraction of sp³-hybridized carbons (Fsp3) is 0.316. The summed E-state index contributed by atoms with van der Waals surface area (Å²) in [7, 11) is 0. The Hall–Kier alpha value is -1.46. The van der Waals surface area contributed by atoms with Gasteiger partial charge >= 0.3 is 0 Å². The second kappa shape index (κ2) is 10.4. The molecular formula is C19H22FNOS2. The first-order valence-electron chi connectivity index (χ1n) is 7.85. The lowest BCUT2D eigenvalue weighted by molar-refractivity contribution is -0.118. The summed E-state index contributed by atoms with van der Waals surface area (Å²) in [5.41, 5.74) is 3.61. The van der Waals surface area contributed by atoms with Crippen molar-refractivity contribution < 1.29 is 9.18 Å². The molecule has 5 heteroatoms. The molecule has 0 saturated heterocycles. The van der Waals surface area contributed by atoms with E-state index in [0.29, 0.717) is 12.3 Å². The second-order valence-electron chi connectivity index (χ2n) is 5.51. The Labute approximate surface area is 151 Å². The summed E-state index contributed by atoms with van der Waals surface area (Å²) < 4.78 is 12.8. The van der Waals surface area contributed by atoms with Crippen LogP contribution in [0.5, 0.6) is 0 Å². The lowest BCUT2D eigenvalue weighted by atomic mass is 10.2. The van der Waals surface area contributed by atoms with Crippen LogP contribution in [0.4, 0.5) is 4.39 Å². The van der Waals surface area contributed by atoms with Crippen molar-refractivity contribution in [2.24, 2.45) is 0 Å². The molecule has 0 radical (unpaired) electrons. The molecular weight excluding hydrogens is 341 g/mol. The van der Waals surface area contributed by atoms with Gasteiger partial charge in [-0.05, 0) is 30.2 Å². The van der Waals surface area contributed by atoms with Crippen molar-refractivity contribution in [3.8, 4) is 0 Å². The number of benzene rings is 2. The highest BCUT2D eigenvalue weighted by atomic mass is 32.2. The Balaban J connectivity index is 1.51. The third-order valence-corrected chi connectivity index (χ3v) is 5.41. The molecule has 0 aliphatic rings. The second-order valence-corrected chi connectivity index (χ2v) is 7.60. The number of carbonyl (C=O) groups excluding carboxylic acids is 1. The molecule has 0 bridgehead atoms. The van der Waals surface area contributed by atoms with E-state index in [2.05, 4.69) is 36.5 Å². The van der Waals surface area contributed by atoms with Gasteiger partial charge in [0.25, 0.3) is 0 Å². The summed E-state index contributed by atoms with van der Waals surface area (Å²) in [6.07, 6.45) is 0. The van der Waals surface area contributed by atoms with Crippen LogP contribution >= 0.6 is 23.5 Å². The smallest absolute Gasteiger partial charge is 0.230 e. The zero-order valence-electron chi connectivity index (χ0n) is 13.8. The number of amides is 1. The number of nitrogens with one attached hydrogen (secondary N) is 1. The van der Waals surface area contributed by atoms with Crippen molar-refractivity contribution >= 4 is 29.4 Å². The van der Waals surface area contributed by atoms with Crippen LogP contribution in [0, 0.1) is 12.7 Å². The van der Waals surface area contributed by atoms with Crippen LogP contribution in [-0.2, 0) is 16.3 Å². The van der Waals surface area contributed by atoms with Crippen LogP contribution in [0.15, 0.2) is 48.5 Å². The van der Waals surface area contributed by atoms with Crippen molar-refractivity contribution in [2.45, 2.75) is 18.4 Å². The van der Waals surface area contributed by atoms with Gasteiger partial charge in [0.05, 0.1) is 5.75 Å². The SMILES string of the molecule is Cc1ccc(CSCCNC(=O)CSCc2ccc(F)cc2)cc1. The minimum Gasteiger partial charge on any atom is -0.355 e. The van der Waals surface area contributed by atoms with Gasteiger partial charge in [0.2, 0.25) is 5.91 Å². The Kier molecular flexibility index (Phi) is 8.19. The first kappa shape index (κ1) is 18.9. The van der Waals surface area contributed by atoms with E-state index in [1.54, 1.807) is 23.9 Å². The van der Waals surface area contributed by atoms with Crippen molar-refractivity contribution in [1.29, 1.82) is 0 Å². The monoisotopic (exact) mass is 363 g/mol. The Bertz CT molecular complexity index is 629. The number of carbonyl (C=O) groups is 1. The Morgan fingerprint density at radius 1 is 0.958 bits per heavy atom. The molecule has 0 aliphatic carbocycles. The fourth-order valence-electron chi connectivity index (χ4n) is 2.03. The largest absolute Gasteiger partial charge is 0.355 e. The van der Waals surface area contributed by atoms with Crippen LogP contribution in [0.25, 0.3) is 0 Å². The molecule has 0 heterocycles. The number of rotatable bonds is 9. The normalized spacial score (nSPS) is 10.6. The molecule has 128 valence electrons. The Morgan fingerprint density at radius 3 is 2.21 bits per heavy atom. The van der Waals surface area contributed by atoms with Crippen LogP contribution in [0.1, 0.15) is 16.7 Å². The Morgan fingerprint density at radius 2 is 1.54 bits per heavy atom. The van der Waals surface area contributed by atoms with Gasteiger partial charge in [0.15, 0.2) is 0 Å². The third kappa shape index (κ3) is 7.41. The van der Waals surface area contributed by atoms with Crippen LogP contribution in [0.3, 0.4) is 0 Å². The van der Waals surface area contributed by atoms with Crippen LogP contribution < -0.4 is 5.32 Å². The fourth-order valence-corrected chi connectivity index (χ4v) is 3.67. The molecule has 24 heavy (non-hydrogen) atoms. The topological polar surface area (TPSA) is 29.1 Å². The highest BCUT2D eigenvalue weighted by molar-refractivity contribution is 7.99. The summed E-state index contributed by atoms with van der Waals surface area (Å²) in [5, 5.41) is 2.93. The predicted octanol–water partition coefficient (Wildman–Crippen LogP) is 4.42. The summed E-state index contributed by atoms with van der Waals surface area (Å²) in [5.74, 6) is 2.84. The van der Waals surface area contributed by atoms with E-state index in [0.717, 1.165) is 22.8 Å². The molecule has 1 amide bonds. The van der Waals surface area contributed by atoms with E-state index in [4.69, 9.17) is 0 Å². The van der Waals surface area contributed by atoms with Gasteiger partial charge < -0.3 is 5.32 Å². The minimum atomic E-state index is -0.232. The molecule has 1 N–H and O–H groups in total. The number of aryl methyl sites for hydroxylation is 1. The van der Waals surface area contributed by atoms with Gasteiger partial charge in [-0.25, -0.2) is 4.39 Å². The van der Waals surface area contributed by atoms with Crippen LogP contribution in [-0.4, -0.2) is 24.0 Å². The molecule has 2 nitrogen and oxygen atoms in total. The number of thioether (sulfide) groups is 2. The zero-order chi connectivity index (χ0) is 17.2. The summed E-state index contributed by atoms with van der Waals surface area (Å²) in [4.78, 5) is 11.8. The molecule has 0 unspecified atom stereocenters. The van der Waals surface area contributed by atoms with E-state index < -0.39 is 0 Å². The maximum atomic E-state index is 12.8. The number of hydrogen-bond acceptors (Lipinski definition) is 3. The molecule has 0 aromatic heterocycles. The third-order valence-electron chi connectivity index (χ3n) is 3.37. The summed E-state index contributed by atoms with van der Waals surface area (Å²) in [6, 6.07) is 14.9. The molecule has 2 rings (SSSR count). The summed E-state index contributed by atoms with van der Waals surface area (Å²) >= 11 is 3.36. The summed E-state index contributed by atoms with van der Waals surface area (Å²) in [6.45, 7) is 2.77. The van der Waals surface area contributed by atoms with E-state index in [9.17, 15) is 9.18 Å². The van der Waals surface area contributed by atoms with E-state index in [-0.39, 0.29) is 11.7 Å². The quantitative estimate of drug-likeness (QED) is 0.669. The molecule has 0 fully saturated rings. The maximum Gasteiger partial charge on any atom is 0.230 e. The van der Waals surface area contributed by atoms with Gasteiger partial charge in [0.1, 0.15) is 5.82 Å². The van der Waals surface area contributed by atoms with Gasteiger partial charge in [-0.15, -0.1) is 11.8 Å². The molecule has 0 spiro atoms. The highest BCUT2D eigenvalue weighted by Gasteiger charge is 2.02. The maximum absolute atomic E-state index is 12.8. The molecule has 0 aliphatic heterocycles. The van der Waals surface area contributed by atoms with Gasteiger partial charge in [-0.3, -0.25) is 4.79 Å². The van der Waals surface area contributed by atoms with Crippen molar-refractivity contribution in [1.82, 2.24) is 5.32 Å². The van der Waals surface area contributed by atoms with Crippen molar-refractivity contribution in [3.05, 3.63) is 71.0 Å². The standard InChI is InChI=1S/C19H22FNOS2/c1-15-2-4-16(5-3-15)12-23-11-10-21-19(22)14-24-13-17-6-8-18(20)9-7-17/h2-9H,10-14H2,1H3,(H,21,22). The minimum absolute atomic E-state index is 0.0537. The van der Waals surface area contributed by atoms with E-state index in [1.165, 1.54) is 23.3 Å². The zero-order valence-corrected chi connectivity index (χ0v) is 15.4. The van der Waals surface area contributed by atoms with E-state index in [1.807, 2.05) is 11.8 Å². The van der Waals surface area contributed by atoms with E-state index >= 15 is 0 Å². The average molecular weight is 364 g/mol. The molecule has 2 aromatic carbocycles. The lowest BCUT2D eigenvalue weighted by Gasteiger charge is -2.06. The van der Waals surface area contributed by atoms with Crippen molar-refractivity contribution in [3.63, 3.8) is 0 Å².